The first-order valence-corrected chi connectivity index (χ1v) is 4.36. The average Bonchev–Trinajstić information content (AvgIpc) is 2.51. The number of imidazole rings is 1. The minimum absolute atomic E-state index is 0.449. The van der Waals surface area contributed by atoms with Gasteiger partial charge in [-0.2, -0.15) is 0 Å². The fourth-order valence-corrected chi connectivity index (χ4v) is 1.69. The average molecular weight is 165 g/mol. The molecule has 1 aromatic rings. The summed E-state index contributed by atoms with van der Waals surface area (Å²) in [5.41, 5.74) is 7.18. The molecular weight excluding hydrogens is 150 g/mol. The summed E-state index contributed by atoms with van der Waals surface area (Å²) >= 11 is 0. The normalized spacial score (nSPS) is 25.8. The molecular formula is C9H15N3. The van der Waals surface area contributed by atoms with Crippen molar-refractivity contribution in [3.05, 3.63) is 18.2 Å². The molecule has 1 atom stereocenters. The highest BCUT2D eigenvalue weighted by atomic mass is 15.1. The maximum atomic E-state index is 5.59. The van der Waals surface area contributed by atoms with E-state index in [2.05, 4.69) is 23.4 Å². The SMILES string of the molecule is CC1(C)CC1n1cncc1CN. The lowest BCUT2D eigenvalue weighted by molar-refractivity contribution is 0.529. The van der Waals surface area contributed by atoms with E-state index < -0.39 is 0 Å². The Kier molecular flexibility index (Phi) is 1.51. The van der Waals surface area contributed by atoms with Gasteiger partial charge >= 0.3 is 0 Å². The number of rotatable bonds is 2. The maximum absolute atomic E-state index is 5.59. The van der Waals surface area contributed by atoms with E-state index in [1.165, 1.54) is 6.42 Å². The Hall–Kier alpha value is -0.830. The topological polar surface area (TPSA) is 43.8 Å². The van der Waals surface area contributed by atoms with E-state index in [-0.39, 0.29) is 0 Å². The van der Waals surface area contributed by atoms with Crippen molar-refractivity contribution >= 4 is 0 Å². The molecule has 1 aliphatic rings. The number of aromatic nitrogens is 2. The Labute approximate surface area is 72.6 Å². The summed E-state index contributed by atoms with van der Waals surface area (Å²) in [7, 11) is 0. The van der Waals surface area contributed by atoms with Crippen molar-refractivity contribution in [1.82, 2.24) is 9.55 Å². The van der Waals surface area contributed by atoms with Gasteiger partial charge in [0.1, 0.15) is 0 Å². The van der Waals surface area contributed by atoms with Crippen LogP contribution in [0.1, 0.15) is 32.0 Å². The highest BCUT2D eigenvalue weighted by molar-refractivity contribution is 5.09. The van der Waals surface area contributed by atoms with Gasteiger partial charge in [0.2, 0.25) is 0 Å². The molecule has 0 aromatic carbocycles. The molecule has 3 nitrogen and oxygen atoms in total. The molecule has 1 saturated carbocycles. The first-order chi connectivity index (χ1) is 5.65. The molecule has 1 aliphatic carbocycles. The van der Waals surface area contributed by atoms with E-state index in [1.54, 1.807) is 0 Å². The van der Waals surface area contributed by atoms with E-state index in [1.807, 2.05) is 12.5 Å². The minimum atomic E-state index is 0.449. The van der Waals surface area contributed by atoms with Gasteiger partial charge in [-0.25, -0.2) is 4.98 Å². The Morgan fingerprint density at radius 2 is 2.42 bits per heavy atom. The van der Waals surface area contributed by atoms with Crippen LogP contribution in [0.4, 0.5) is 0 Å². The van der Waals surface area contributed by atoms with E-state index >= 15 is 0 Å². The first-order valence-electron chi connectivity index (χ1n) is 4.36. The molecule has 0 radical (unpaired) electrons. The lowest BCUT2D eigenvalue weighted by Crippen LogP contribution is -2.07. The van der Waals surface area contributed by atoms with Gasteiger partial charge in [0.25, 0.3) is 0 Å². The maximum Gasteiger partial charge on any atom is 0.0951 e. The lowest BCUT2D eigenvalue weighted by Gasteiger charge is -2.07. The van der Waals surface area contributed by atoms with Gasteiger partial charge in [-0.05, 0) is 11.8 Å². The van der Waals surface area contributed by atoms with Gasteiger partial charge < -0.3 is 10.3 Å². The van der Waals surface area contributed by atoms with Crippen LogP contribution in [0, 0.1) is 5.41 Å². The molecule has 12 heavy (non-hydrogen) atoms. The van der Waals surface area contributed by atoms with Crippen LogP contribution in [0.2, 0.25) is 0 Å². The highest BCUT2D eigenvalue weighted by Crippen LogP contribution is 2.55. The summed E-state index contributed by atoms with van der Waals surface area (Å²) in [6, 6.07) is 0.624. The molecule has 1 fully saturated rings. The predicted octanol–water partition coefficient (Wildman–Crippen LogP) is 1.31. The molecule has 66 valence electrons. The van der Waals surface area contributed by atoms with Crippen LogP contribution in [-0.2, 0) is 6.54 Å². The zero-order valence-electron chi connectivity index (χ0n) is 7.62. The second-order valence-electron chi connectivity index (χ2n) is 4.20. The van der Waals surface area contributed by atoms with E-state index in [9.17, 15) is 0 Å². The molecule has 0 amide bonds. The Morgan fingerprint density at radius 1 is 1.75 bits per heavy atom. The Bertz CT molecular complexity index is 288. The van der Waals surface area contributed by atoms with Gasteiger partial charge in [0.05, 0.1) is 12.0 Å². The largest absolute Gasteiger partial charge is 0.330 e. The number of hydrogen-bond donors (Lipinski definition) is 1. The van der Waals surface area contributed by atoms with Crippen molar-refractivity contribution in [2.75, 3.05) is 0 Å². The van der Waals surface area contributed by atoms with Crippen LogP contribution in [0.25, 0.3) is 0 Å². The van der Waals surface area contributed by atoms with Gasteiger partial charge in [0, 0.05) is 18.8 Å². The summed E-state index contributed by atoms with van der Waals surface area (Å²) in [6.45, 7) is 5.14. The second kappa shape index (κ2) is 2.33. The zero-order valence-corrected chi connectivity index (χ0v) is 7.62. The Balaban J connectivity index is 2.24. The zero-order chi connectivity index (χ0) is 8.77. The van der Waals surface area contributed by atoms with E-state index in [0.717, 1.165) is 5.69 Å². The summed E-state index contributed by atoms with van der Waals surface area (Å²) in [4.78, 5) is 4.10. The van der Waals surface area contributed by atoms with Gasteiger partial charge in [-0.1, -0.05) is 13.8 Å². The summed E-state index contributed by atoms with van der Waals surface area (Å²) in [5, 5.41) is 0. The number of nitrogens with zero attached hydrogens (tertiary/aromatic N) is 2. The lowest BCUT2D eigenvalue weighted by atomic mass is 10.2. The van der Waals surface area contributed by atoms with Gasteiger partial charge in [-0.15, -0.1) is 0 Å². The predicted molar refractivity (Wildman–Crippen MR) is 47.6 cm³/mol. The third-order valence-electron chi connectivity index (χ3n) is 2.75. The molecule has 0 aliphatic heterocycles. The van der Waals surface area contributed by atoms with Crippen LogP contribution in [0.5, 0.6) is 0 Å². The Morgan fingerprint density at radius 3 is 2.92 bits per heavy atom. The van der Waals surface area contributed by atoms with Crippen LogP contribution in [-0.4, -0.2) is 9.55 Å². The fourth-order valence-electron chi connectivity index (χ4n) is 1.69. The summed E-state index contributed by atoms with van der Waals surface area (Å²) < 4.78 is 2.21. The number of nitrogens with two attached hydrogens (primary N) is 1. The highest BCUT2D eigenvalue weighted by Gasteiger charge is 2.47. The van der Waals surface area contributed by atoms with Crippen LogP contribution in [0.3, 0.4) is 0 Å². The smallest absolute Gasteiger partial charge is 0.0951 e. The molecule has 3 heteroatoms. The number of hydrogen-bond acceptors (Lipinski definition) is 2. The monoisotopic (exact) mass is 165 g/mol. The second-order valence-corrected chi connectivity index (χ2v) is 4.20. The molecule has 1 aromatic heterocycles. The van der Waals surface area contributed by atoms with Crippen molar-refractivity contribution in [2.24, 2.45) is 11.1 Å². The van der Waals surface area contributed by atoms with Crippen LogP contribution >= 0.6 is 0 Å². The quantitative estimate of drug-likeness (QED) is 0.718. The minimum Gasteiger partial charge on any atom is -0.330 e. The molecule has 1 heterocycles. The molecule has 2 N–H and O–H groups in total. The summed E-state index contributed by atoms with van der Waals surface area (Å²) in [6.07, 6.45) is 4.99. The van der Waals surface area contributed by atoms with Crippen LogP contribution in [0.15, 0.2) is 12.5 Å². The van der Waals surface area contributed by atoms with Crippen molar-refractivity contribution < 1.29 is 0 Å². The molecule has 0 bridgehead atoms. The third-order valence-corrected chi connectivity index (χ3v) is 2.75. The van der Waals surface area contributed by atoms with E-state index in [4.69, 9.17) is 5.73 Å². The molecule has 2 rings (SSSR count). The molecule has 0 spiro atoms. The summed E-state index contributed by atoms with van der Waals surface area (Å²) in [5.74, 6) is 0. The van der Waals surface area contributed by atoms with Crippen molar-refractivity contribution in [3.63, 3.8) is 0 Å². The van der Waals surface area contributed by atoms with Gasteiger partial charge in [0.15, 0.2) is 0 Å². The van der Waals surface area contributed by atoms with E-state index in [0.29, 0.717) is 18.0 Å². The third kappa shape index (κ3) is 1.05. The molecule has 0 saturated heterocycles. The first kappa shape index (κ1) is 7.80. The van der Waals surface area contributed by atoms with Crippen molar-refractivity contribution in [2.45, 2.75) is 32.9 Å². The van der Waals surface area contributed by atoms with Crippen molar-refractivity contribution in [3.8, 4) is 0 Å². The molecule has 1 unspecified atom stereocenters. The van der Waals surface area contributed by atoms with Crippen LogP contribution < -0.4 is 5.73 Å². The van der Waals surface area contributed by atoms with Crippen molar-refractivity contribution in [1.29, 1.82) is 0 Å². The fraction of sp³-hybridized carbons (Fsp3) is 0.667. The van der Waals surface area contributed by atoms with Gasteiger partial charge in [-0.3, -0.25) is 0 Å². The standard InChI is InChI=1S/C9H15N3/c1-9(2)3-8(9)12-6-11-5-7(12)4-10/h5-6,8H,3-4,10H2,1-2H3.